The van der Waals surface area contributed by atoms with Gasteiger partial charge in [-0.3, -0.25) is 4.90 Å². The maximum Gasteiger partial charge on any atom is 0.394 e. The molecule has 0 unspecified atom stereocenters. The van der Waals surface area contributed by atoms with E-state index in [-0.39, 0.29) is 19.4 Å². The van der Waals surface area contributed by atoms with Crippen molar-refractivity contribution in [3.8, 4) is 0 Å². The molecule has 2 rings (SSSR count). The number of nitrogens with zero attached hydrogens (tertiary/aromatic N) is 1. The molecule has 1 aromatic rings. The molecular weight excluding hydrogens is 295 g/mol. The summed E-state index contributed by atoms with van der Waals surface area (Å²) in [4.78, 5) is 1.80. The van der Waals surface area contributed by atoms with E-state index in [2.05, 4.69) is 0 Å². The largest absolute Gasteiger partial charge is 0.394 e. The predicted octanol–water partition coefficient (Wildman–Crippen LogP) is 3.75. The van der Waals surface area contributed by atoms with Crippen LogP contribution in [0, 0.1) is 5.92 Å². The minimum atomic E-state index is -4.07. The highest BCUT2D eigenvalue weighted by atomic mass is 19.4. The zero-order valence-corrected chi connectivity index (χ0v) is 12.9. The van der Waals surface area contributed by atoms with Gasteiger partial charge in [-0.05, 0) is 19.4 Å². The SMILES string of the molecule is CCOC(OCC)c1ccc(CN2CC(C(F)(F)F)C2)cc1. The Labute approximate surface area is 129 Å². The summed E-state index contributed by atoms with van der Waals surface area (Å²) < 4.78 is 48.4. The Morgan fingerprint density at radius 3 is 2.09 bits per heavy atom. The lowest BCUT2D eigenvalue weighted by atomic mass is 9.98. The molecule has 1 heterocycles. The van der Waals surface area contributed by atoms with Gasteiger partial charge in [0, 0.05) is 38.4 Å². The van der Waals surface area contributed by atoms with Gasteiger partial charge >= 0.3 is 6.18 Å². The highest BCUT2D eigenvalue weighted by molar-refractivity contribution is 5.23. The van der Waals surface area contributed by atoms with E-state index in [1.807, 2.05) is 38.1 Å². The van der Waals surface area contributed by atoms with Crippen molar-refractivity contribution in [1.29, 1.82) is 0 Å². The van der Waals surface area contributed by atoms with Gasteiger partial charge in [-0.1, -0.05) is 24.3 Å². The van der Waals surface area contributed by atoms with Crippen molar-refractivity contribution < 1.29 is 22.6 Å². The molecule has 3 nitrogen and oxygen atoms in total. The lowest BCUT2D eigenvalue weighted by Gasteiger charge is -2.40. The number of benzene rings is 1. The smallest absolute Gasteiger partial charge is 0.349 e. The number of hydrogen-bond acceptors (Lipinski definition) is 3. The van der Waals surface area contributed by atoms with E-state index in [1.54, 1.807) is 4.90 Å². The normalized spacial score (nSPS) is 17.0. The number of rotatable bonds is 7. The third kappa shape index (κ3) is 4.44. The molecule has 1 aliphatic rings. The van der Waals surface area contributed by atoms with Crippen LogP contribution in [0.15, 0.2) is 24.3 Å². The fourth-order valence-corrected chi connectivity index (χ4v) is 2.49. The van der Waals surface area contributed by atoms with Crippen LogP contribution in [0.5, 0.6) is 0 Å². The second kappa shape index (κ2) is 7.44. The van der Waals surface area contributed by atoms with Crippen LogP contribution in [0.1, 0.15) is 31.3 Å². The summed E-state index contributed by atoms with van der Waals surface area (Å²) in [5.74, 6) is -1.17. The number of alkyl halides is 3. The van der Waals surface area contributed by atoms with E-state index in [0.29, 0.717) is 19.8 Å². The van der Waals surface area contributed by atoms with Gasteiger partial charge in [-0.25, -0.2) is 0 Å². The maximum absolute atomic E-state index is 12.4. The van der Waals surface area contributed by atoms with Crippen LogP contribution < -0.4 is 0 Å². The monoisotopic (exact) mass is 317 g/mol. The van der Waals surface area contributed by atoms with E-state index in [1.165, 1.54) is 0 Å². The molecule has 1 aliphatic heterocycles. The molecule has 0 saturated carbocycles. The van der Waals surface area contributed by atoms with Crippen LogP contribution in [-0.4, -0.2) is 37.4 Å². The van der Waals surface area contributed by atoms with Crippen molar-refractivity contribution in [3.05, 3.63) is 35.4 Å². The van der Waals surface area contributed by atoms with Crippen molar-refractivity contribution in [2.75, 3.05) is 26.3 Å². The van der Waals surface area contributed by atoms with Crippen LogP contribution in [-0.2, 0) is 16.0 Å². The average Bonchev–Trinajstić information content (AvgIpc) is 2.41. The van der Waals surface area contributed by atoms with Crippen LogP contribution in [0.3, 0.4) is 0 Å². The first-order valence-electron chi connectivity index (χ1n) is 7.55. The van der Waals surface area contributed by atoms with E-state index >= 15 is 0 Å². The molecule has 0 bridgehead atoms. The summed E-state index contributed by atoms with van der Waals surface area (Å²) in [6.07, 6.45) is -4.45. The molecule has 0 atom stereocenters. The van der Waals surface area contributed by atoms with Gasteiger partial charge in [0.05, 0.1) is 5.92 Å². The Kier molecular flexibility index (Phi) is 5.83. The molecule has 0 amide bonds. The molecule has 1 saturated heterocycles. The summed E-state index contributed by atoms with van der Waals surface area (Å²) in [5, 5.41) is 0. The third-order valence-electron chi connectivity index (χ3n) is 3.71. The van der Waals surface area contributed by atoms with Crippen molar-refractivity contribution in [1.82, 2.24) is 4.90 Å². The van der Waals surface area contributed by atoms with Gasteiger partial charge in [0.2, 0.25) is 0 Å². The van der Waals surface area contributed by atoms with Gasteiger partial charge in [0.15, 0.2) is 6.29 Å². The van der Waals surface area contributed by atoms with Gasteiger partial charge in [-0.2, -0.15) is 13.2 Å². The fourth-order valence-electron chi connectivity index (χ4n) is 2.49. The molecule has 22 heavy (non-hydrogen) atoms. The molecule has 0 aliphatic carbocycles. The highest BCUT2D eigenvalue weighted by Crippen LogP contribution is 2.34. The third-order valence-corrected chi connectivity index (χ3v) is 3.71. The maximum atomic E-state index is 12.4. The van der Waals surface area contributed by atoms with E-state index in [9.17, 15) is 13.2 Å². The predicted molar refractivity (Wildman–Crippen MR) is 77.3 cm³/mol. The van der Waals surface area contributed by atoms with Crippen molar-refractivity contribution >= 4 is 0 Å². The quantitative estimate of drug-likeness (QED) is 0.715. The first-order chi connectivity index (χ1) is 10.4. The Morgan fingerprint density at radius 2 is 1.64 bits per heavy atom. The summed E-state index contributed by atoms with van der Waals surface area (Å²) in [5.41, 5.74) is 1.92. The summed E-state index contributed by atoms with van der Waals surface area (Å²) >= 11 is 0. The summed E-state index contributed by atoms with van der Waals surface area (Å²) in [6.45, 7) is 5.64. The fraction of sp³-hybridized carbons (Fsp3) is 0.625. The molecule has 0 radical (unpaired) electrons. The molecule has 0 aromatic heterocycles. The minimum absolute atomic E-state index is 0.0891. The van der Waals surface area contributed by atoms with Crippen molar-refractivity contribution in [2.24, 2.45) is 5.92 Å². The highest BCUT2D eigenvalue weighted by Gasteiger charge is 2.46. The second-order valence-electron chi connectivity index (χ2n) is 5.42. The Morgan fingerprint density at radius 1 is 1.09 bits per heavy atom. The van der Waals surface area contributed by atoms with Crippen LogP contribution in [0.2, 0.25) is 0 Å². The van der Waals surface area contributed by atoms with Crippen LogP contribution in [0.25, 0.3) is 0 Å². The molecule has 0 spiro atoms. The molecule has 6 heteroatoms. The zero-order valence-electron chi connectivity index (χ0n) is 12.9. The Balaban J connectivity index is 1.87. The second-order valence-corrected chi connectivity index (χ2v) is 5.42. The van der Waals surface area contributed by atoms with Gasteiger partial charge in [0.25, 0.3) is 0 Å². The number of hydrogen-bond donors (Lipinski definition) is 0. The first-order valence-corrected chi connectivity index (χ1v) is 7.55. The van der Waals surface area contributed by atoms with Gasteiger partial charge in [-0.15, -0.1) is 0 Å². The molecule has 124 valence electrons. The molecule has 1 fully saturated rings. The lowest BCUT2D eigenvalue weighted by molar-refractivity contribution is -0.210. The standard InChI is InChI=1S/C16H22F3NO2/c1-3-21-15(22-4-2)13-7-5-12(6-8-13)9-20-10-14(11-20)16(17,18)19/h5-8,14-15H,3-4,9-11H2,1-2H3. The van der Waals surface area contributed by atoms with Crippen molar-refractivity contribution in [3.63, 3.8) is 0 Å². The molecule has 0 N–H and O–H groups in total. The topological polar surface area (TPSA) is 21.7 Å². The first kappa shape index (κ1) is 17.2. The van der Waals surface area contributed by atoms with Gasteiger partial charge in [0.1, 0.15) is 0 Å². The van der Waals surface area contributed by atoms with Crippen LogP contribution >= 0.6 is 0 Å². The summed E-state index contributed by atoms with van der Waals surface area (Å²) in [6, 6.07) is 7.65. The number of likely N-dealkylation sites (tertiary alicyclic amines) is 1. The average molecular weight is 317 g/mol. The lowest BCUT2D eigenvalue weighted by Crippen LogP contribution is -2.52. The Bertz CT molecular complexity index is 449. The number of halogens is 3. The zero-order chi connectivity index (χ0) is 16.2. The Hall–Kier alpha value is -1.11. The van der Waals surface area contributed by atoms with Gasteiger partial charge < -0.3 is 9.47 Å². The summed E-state index contributed by atoms with van der Waals surface area (Å²) in [7, 11) is 0. The number of ether oxygens (including phenoxy) is 2. The van der Waals surface area contributed by atoms with E-state index < -0.39 is 12.1 Å². The molecular formula is C16H22F3NO2. The van der Waals surface area contributed by atoms with E-state index in [0.717, 1.165) is 11.1 Å². The van der Waals surface area contributed by atoms with E-state index in [4.69, 9.17) is 9.47 Å². The van der Waals surface area contributed by atoms with Crippen molar-refractivity contribution in [2.45, 2.75) is 32.9 Å². The molecule has 1 aromatic carbocycles. The van der Waals surface area contributed by atoms with Crippen LogP contribution in [0.4, 0.5) is 13.2 Å². The minimum Gasteiger partial charge on any atom is -0.349 e.